The number of benzene rings is 1. The lowest BCUT2D eigenvalue weighted by atomic mass is 10.00. The smallest absolute Gasteiger partial charge is 0.310 e. The fourth-order valence-corrected chi connectivity index (χ4v) is 2.13. The molecule has 0 amide bonds. The van der Waals surface area contributed by atoms with Crippen molar-refractivity contribution in [3.05, 3.63) is 35.4 Å². The predicted octanol–water partition coefficient (Wildman–Crippen LogP) is 3.35. The van der Waals surface area contributed by atoms with Crippen LogP contribution in [0.2, 0.25) is 0 Å². The second-order valence-corrected chi connectivity index (χ2v) is 5.52. The van der Waals surface area contributed by atoms with Gasteiger partial charge in [-0.15, -0.1) is 0 Å². The Morgan fingerprint density at radius 2 is 1.79 bits per heavy atom. The zero-order valence-corrected chi connectivity index (χ0v) is 12.4. The van der Waals surface area contributed by atoms with Crippen molar-refractivity contribution in [1.82, 2.24) is 4.90 Å². The van der Waals surface area contributed by atoms with Gasteiger partial charge in [0.1, 0.15) is 0 Å². The number of hydrogen-bond acceptors (Lipinski definition) is 2. The van der Waals surface area contributed by atoms with E-state index < -0.39 is 11.9 Å². The third-order valence-electron chi connectivity index (χ3n) is 3.33. The molecule has 0 fully saturated rings. The Bertz CT molecular complexity index is 398. The molecule has 0 aromatic heterocycles. The molecule has 19 heavy (non-hydrogen) atoms. The third-order valence-corrected chi connectivity index (χ3v) is 3.33. The standard InChI is InChI=1S/C16H25NO2/c1-5-17(10-12(2)3)11-14-6-8-15(9-7-14)13(4)16(18)19/h6-9,12-13H,5,10-11H2,1-4H3,(H,18,19). The van der Waals surface area contributed by atoms with Crippen LogP contribution in [0.15, 0.2) is 24.3 Å². The third kappa shape index (κ3) is 5.03. The van der Waals surface area contributed by atoms with Crippen molar-refractivity contribution in [3.8, 4) is 0 Å². The molecule has 0 saturated heterocycles. The Balaban J connectivity index is 2.68. The van der Waals surface area contributed by atoms with Gasteiger partial charge in [0, 0.05) is 13.1 Å². The zero-order valence-electron chi connectivity index (χ0n) is 12.4. The fraction of sp³-hybridized carbons (Fsp3) is 0.562. The van der Waals surface area contributed by atoms with E-state index in [9.17, 15) is 4.79 Å². The molecule has 1 aromatic rings. The van der Waals surface area contributed by atoms with Crippen LogP contribution in [0, 0.1) is 5.92 Å². The molecule has 0 spiro atoms. The van der Waals surface area contributed by atoms with Gasteiger partial charge in [-0.2, -0.15) is 0 Å². The molecule has 1 N–H and O–H groups in total. The number of rotatable bonds is 7. The highest BCUT2D eigenvalue weighted by molar-refractivity contribution is 5.75. The van der Waals surface area contributed by atoms with Gasteiger partial charge in [0.2, 0.25) is 0 Å². The van der Waals surface area contributed by atoms with E-state index in [4.69, 9.17) is 5.11 Å². The number of aliphatic carboxylic acids is 1. The molecule has 0 aliphatic heterocycles. The summed E-state index contributed by atoms with van der Waals surface area (Å²) >= 11 is 0. The number of carbonyl (C=O) groups is 1. The highest BCUT2D eigenvalue weighted by atomic mass is 16.4. The van der Waals surface area contributed by atoms with Crippen molar-refractivity contribution in [2.24, 2.45) is 5.92 Å². The maximum absolute atomic E-state index is 10.9. The maximum atomic E-state index is 10.9. The second-order valence-electron chi connectivity index (χ2n) is 5.52. The average molecular weight is 263 g/mol. The zero-order chi connectivity index (χ0) is 14.4. The van der Waals surface area contributed by atoms with Crippen LogP contribution in [-0.4, -0.2) is 29.1 Å². The molecule has 1 atom stereocenters. The summed E-state index contributed by atoms with van der Waals surface area (Å²) in [5, 5.41) is 8.98. The number of carboxylic acids is 1. The van der Waals surface area contributed by atoms with Gasteiger partial charge in [-0.05, 0) is 30.5 Å². The van der Waals surface area contributed by atoms with Crippen molar-refractivity contribution in [3.63, 3.8) is 0 Å². The summed E-state index contributed by atoms with van der Waals surface area (Å²) in [6.45, 7) is 11.4. The van der Waals surface area contributed by atoms with E-state index in [-0.39, 0.29) is 0 Å². The van der Waals surface area contributed by atoms with Gasteiger partial charge in [0.15, 0.2) is 0 Å². The lowest BCUT2D eigenvalue weighted by molar-refractivity contribution is -0.138. The van der Waals surface area contributed by atoms with Crippen molar-refractivity contribution in [2.75, 3.05) is 13.1 Å². The van der Waals surface area contributed by atoms with Crippen molar-refractivity contribution in [1.29, 1.82) is 0 Å². The fourth-order valence-electron chi connectivity index (χ4n) is 2.13. The SMILES string of the molecule is CCN(Cc1ccc(C(C)C(=O)O)cc1)CC(C)C. The van der Waals surface area contributed by atoms with Crippen LogP contribution < -0.4 is 0 Å². The predicted molar refractivity (Wildman–Crippen MR) is 78.3 cm³/mol. The molecule has 0 bridgehead atoms. The van der Waals surface area contributed by atoms with Gasteiger partial charge in [-0.3, -0.25) is 9.69 Å². The highest BCUT2D eigenvalue weighted by Crippen LogP contribution is 2.17. The van der Waals surface area contributed by atoms with E-state index in [1.54, 1.807) is 6.92 Å². The Labute approximate surface area is 116 Å². The molecule has 0 heterocycles. The summed E-state index contributed by atoms with van der Waals surface area (Å²) in [7, 11) is 0. The van der Waals surface area contributed by atoms with Crippen LogP contribution in [0.1, 0.15) is 44.7 Å². The monoisotopic (exact) mass is 263 g/mol. The maximum Gasteiger partial charge on any atom is 0.310 e. The summed E-state index contributed by atoms with van der Waals surface area (Å²) in [6, 6.07) is 7.93. The van der Waals surface area contributed by atoms with E-state index in [0.717, 1.165) is 25.2 Å². The molecular formula is C16H25NO2. The molecule has 106 valence electrons. The summed E-state index contributed by atoms with van der Waals surface area (Å²) < 4.78 is 0. The molecule has 0 saturated carbocycles. The minimum Gasteiger partial charge on any atom is -0.481 e. The molecule has 0 radical (unpaired) electrons. The molecular weight excluding hydrogens is 238 g/mol. The summed E-state index contributed by atoms with van der Waals surface area (Å²) in [5.41, 5.74) is 2.10. The van der Waals surface area contributed by atoms with Gasteiger partial charge in [-0.25, -0.2) is 0 Å². The molecule has 3 heteroatoms. The van der Waals surface area contributed by atoms with Crippen LogP contribution in [0.3, 0.4) is 0 Å². The second kappa shape index (κ2) is 7.29. The quantitative estimate of drug-likeness (QED) is 0.820. The summed E-state index contributed by atoms with van der Waals surface area (Å²) in [4.78, 5) is 13.3. The number of hydrogen-bond donors (Lipinski definition) is 1. The van der Waals surface area contributed by atoms with Crippen molar-refractivity contribution in [2.45, 2.75) is 40.2 Å². The van der Waals surface area contributed by atoms with Crippen LogP contribution in [0.4, 0.5) is 0 Å². The molecule has 0 aliphatic rings. The topological polar surface area (TPSA) is 40.5 Å². The van der Waals surface area contributed by atoms with Crippen LogP contribution in [0.25, 0.3) is 0 Å². The lowest BCUT2D eigenvalue weighted by Gasteiger charge is -2.22. The summed E-state index contributed by atoms with van der Waals surface area (Å²) in [6.07, 6.45) is 0. The van der Waals surface area contributed by atoms with Gasteiger partial charge in [0.05, 0.1) is 5.92 Å². The first-order valence-electron chi connectivity index (χ1n) is 6.98. The average Bonchev–Trinajstić information content (AvgIpc) is 2.37. The summed E-state index contributed by atoms with van der Waals surface area (Å²) in [5.74, 6) is -0.555. The largest absolute Gasteiger partial charge is 0.481 e. The molecule has 1 unspecified atom stereocenters. The molecule has 3 nitrogen and oxygen atoms in total. The first kappa shape index (κ1) is 15.7. The van der Waals surface area contributed by atoms with E-state index in [1.165, 1.54) is 5.56 Å². The van der Waals surface area contributed by atoms with Gasteiger partial charge in [0.25, 0.3) is 0 Å². The van der Waals surface area contributed by atoms with Crippen molar-refractivity contribution >= 4 is 5.97 Å². The Hall–Kier alpha value is -1.35. The van der Waals surface area contributed by atoms with Crippen LogP contribution in [-0.2, 0) is 11.3 Å². The first-order valence-corrected chi connectivity index (χ1v) is 6.98. The Morgan fingerprint density at radius 3 is 2.21 bits per heavy atom. The van der Waals surface area contributed by atoms with Gasteiger partial charge >= 0.3 is 5.97 Å². The number of carboxylic acid groups (broad SMARTS) is 1. The highest BCUT2D eigenvalue weighted by Gasteiger charge is 2.13. The first-order chi connectivity index (χ1) is 8.93. The Kier molecular flexibility index (Phi) is 6.03. The van der Waals surface area contributed by atoms with Gasteiger partial charge in [-0.1, -0.05) is 45.0 Å². The van der Waals surface area contributed by atoms with E-state index in [1.807, 2.05) is 24.3 Å². The van der Waals surface area contributed by atoms with Gasteiger partial charge < -0.3 is 5.11 Å². The minimum absolute atomic E-state index is 0.438. The van der Waals surface area contributed by atoms with Crippen LogP contribution >= 0.6 is 0 Å². The molecule has 0 aliphatic carbocycles. The van der Waals surface area contributed by atoms with Crippen molar-refractivity contribution < 1.29 is 9.90 Å². The normalized spacial score (nSPS) is 12.9. The van der Waals surface area contributed by atoms with E-state index in [0.29, 0.717) is 5.92 Å². The molecule has 1 aromatic carbocycles. The van der Waals surface area contributed by atoms with E-state index in [2.05, 4.69) is 25.7 Å². The molecule has 1 rings (SSSR count). The minimum atomic E-state index is -0.775. The lowest BCUT2D eigenvalue weighted by Crippen LogP contribution is -2.27. The van der Waals surface area contributed by atoms with Crippen LogP contribution in [0.5, 0.6) is 0 Å². The van der Waals surface area contributed by atoms with E-state index >= 15 is 0 Å². The number of nitrogens with zero attached hydrogens (tertiary/aromatic N) is 1. The Morgan fingerprint density at radius 1 is 1.21 bits per heavy atom.